The molecule has 0 unspecified atom stereocenters. The number of hydrogen-bond donors (Lipinski definition) is 1. The first-order valence-electron chi connectivity index (χ1n) is 6.54. The van der Waals surface area contributed by atoms with Gasteiger partial charge in [-0.2, -0.15) is 0 Å². The Hall–Kier alpha value is -2.07. The molecule has 0 spiro atoms. The number of rotatable bonds is 6. The predicted octanol–water partition coefficient (Wildman–Crippen LogP) is 3.56. The molecule has 0 atom stereocenters. The van der Waals surface area contributed by atoms with Gasteiger partial charge in [-0.25, -0.2) is 4.39 Å². The molecule has 2 rings (SSSR count). The summed E-state index contributed by atoms with van der Waals surface area (Å²) in [7, 11) is 0. The van der Waals surface area contributed by atoms with Crippen LogP contribution in [0, 0.1) is 5.82 Å². The zero-order valence-corrected chi connectivity index (χ0v) is 12.1. The summed E-state index contributed by atoms with van der Waals surface area (Å²) < 4.78 is 18.5. The maximum atomic E-state index is 13.3. The fraction of sp³-hybridized carbons (Fsp3) is 0.188. The number of nitrogens with one attached hydrogen (secondary N) is 1. The molecule has 2 aromatic rings. The third-order valence-electron chi connectivity index (χ3n) is 2.86. The Morgan fingerprint density at radius 1 is 1.14 bits per heavy atom. The second-order valence-corrected chi connectivity index (χ2v) is 4.80. The van der Waals surface area contributed by atoms with Gasteiger partial charge in [0.1, 0.15) is 0 Å². The summed E-state index contributed by atoms with van der Waals surface area (Å²) in [6, 6.07) is 13.4. The number of carbonyl (C=O) groups is 1. The first-order chi connectivity index (χ1) is 10.2. The zero-order chi connectivity index (χ0) is 15.1. The minimum absolute atomic E-state index is 0.120. The van der Waals surface area contributed by atoms with Crippen molar-refractivity contribution in [3.63, 3.8) is 0 Å². The van der Waals surface area contributed by atoms with Gasteiger partial charge in [0.25, 0.3) is 0 Å². The Balaban J connectivity index is 1.73. The molecule has 21 heavy (non-hydrogen) atoms. The Morgan fingerprint density at radius 3 is 2.62 bits per heavy atom. The summed E-state index contributed by atoms with van der Waals surface area (Å²) in [6.07, 6.45) is 0.152. The van der Waals surface area contributed by atoms with Crippen molar-refractivity contribution in [3.05, 3.63) is 64.9 Å². The van der Waals surface area contributed by atoms with E-state index in [1.807, 2.05) is 18.2 Å². The van der Waals surface area contributed by atoms with E-state index in [1.54, 1.807) is 18.2 Å². The second kappa shape index (κ2) is 7.64. The number of carbonyl (C=O) groups excluding carboxylic acids is 1. The topological polar surface area (TPSA) is 38.3 Å². The van der Waals surface area contributed by atoms with Crippen molar-refractivity contribution in [2.75, 3.05) is 6.61 Å². The van der Waals surface area contributed by atoms with E-state index in [0.29, 0.717) is 11.6 Å². The van der Waals surface area contributed by atoms with Crippen LogP contribution < -0.4 is 10.1 Å². The molecule has 1 N–H and O–H groups in total. The van der Waals surface area contributed by atoms with Gasteiger partial charge in [-0.3, -0.25) is 4.79 Å². The minimum Gasteiger partial charge on any atom is -0.490 e. The van der Waals surface area contributed by atoms with Crippen LogP contribution in [0.5, 0.6) is 5.75 Å². The van der Waals surface area contributed by atoms with Gasteiger partial charge in [0.15, 0.2) is 11.6 Å². The van der Waals surface area contributed by atoms with Crippen molar-refractivity contribution in [1.29, 1.82) is 0 Å². The first-order valence-corrected chi connectivity index (χ1v) is 6.92. The van der Waals surface area contributed by atoms with Gasteiger partial charge < -0.3 is 10.1 Å². The van der Waals surface area contributed by atoms with E-state index in [-0.39, 0.29) is 24.7 Å². The zero-order valence-electron chi connectivity index (χ0n) is 11.3. The average Bonchev–Trinajstić information content (AvgIpc) is 2.48. The Kier molecular flexibility index (Phi) is 5.58. The third-order valence-corrected chi connectivity index (χ3v) is 3.23. The number of para-hydroxylation sites is 1. The Labute approximate surface area is 127 Å². The monoisotopic (exact) mass is 307 g/mol. The van der Waals surface area contributed by atoms with Gasteiger partial charge in [0.05, 0.1) is 13.0 Å². The fourth-order valence-corrected chi connectivity index (χ4v) is 1.94. The van der Waals surface area contributed by atoms with Crippen molar-refractivity contribution in [3.8, 4) is 5.75 Å². The lowest BCUT2D eigenvalue weighted by molar-refractivity contribution is -0.121. The van der Waals surface area contributed by atoms with Crippen molar-refractivity contribution >= 4 is 17.5 Å². The molecule has 0 aliphatic carbocycles. The second-order valence-electron chi connectivity index (χ2n) is 4.40. The number of ether oxygens (including phenoxy) is 1. The van der Waals surface area contributed by atoms with Gasteiger partial charge >= 0.3 is 0 Å². The summed E-state index contributed by atoms with van der Waals surface area (Å²) >= 11 is 5.99. The maximum Gasteiger partial charge on any atom is 0.223 e. The van der Waals surface area contributed by atoms with Gasteiger partial charge in [0, 0.05) is 11.6 Å². The molecule has 3 nitrogen and oxygen atoms in total. The molecule has 5 heteroatoms. The van der Waals surface area contributed by atoms with Crippen LogP contribution in [0.4, 0.5) is 4.39 Å². The van der Waals surface area contributed by atoms with Crippen LogP contribution in [0.1, 0.15) is 12.0 Å². The number of halogens is 2. The highest BCUT2D eigenvalue weighted by atomic mass is 35.5. The predicted molar refractivity (Wildman–Crippen MR) is 79.8 cm³/mol. The van der Waals surface area contributed by atoms with Crippen molar-refractivity contribution in [2.24, 2.45) is 0 Å². The molecule has 110 valence electrons. The van der Waals surface area contributed by atoms with Crippen LogP contribution in [-0.4, -0.2) is 12.5 Å². The average molecular weight is 308 g/mol. The molecular formula is C16H15ClFNO2. The van der Waals surface area contributed by atoms with E-state index in [0.717, 1.165) is 5.56 Å². The summed E-state index contributed by atoms with van der Waals surface area (Å²) in [5, 5.41) is 3.36. The van der Waals surface area contributed by atoms with E-state index < -0.39 is 5.82 Å². The fourth-order valence-electron chi connectivity index (χ4n) is 1.74. The standard InChI is InChI=1S/C16H15ClFNO2/c17-13-6-2-1-5-12(13)11-19-16(20)9-10-21-15-8-4-3-7-14(15)18/h1-8H,9-11H2,(H,19,20). The van der Waals surface area contributed by atoms with Gasteiger partial charge in [0.2, 0.25) is 5.91 Å². The third kappa shape index (κ3) is 4.76. The molecule has 0 saturated heterocycles. The minimum atomic E-state index is -0.436. The largest absolute Gasteiger partial charge is 0.490 e. The van der Waals surface area contributed by atoms with Crippen molar-refractivity contribution in [2.45, 2.75) is 13.0 Å². The maximum absolute atomic E-state index is 13.3. The smallest absolute Gasteiger partial charge is 0.223 e. The molecule has 0 fully saturated rings. The molecule has 0 heterocycles. The number of amides is 1. The molecular weight excluding hydrogens is 293 g/mol. The van der Waals surface area contributed by atoms with E-state index in [1.165, 1.54) is 12.1 Å². The van der Waals surface area contributed by atoms with E-state index >= 15 is 0 Å². The molecule has 0 saturated carbocycles. The normalized spacial score (nSPS) is 10.2. The van der Waals surface area contributed by atoms with Crippen LogP contribution in [0.15, 0.2) is 48.5 Å². The van der Waals surface area contributed by atoms with Gasteiger partial charge in [-0.1, -0.05) is 41.9 Å². The summed E-state index contributed by atoms with van der Waals surface area (Å²) in [6.45, 7) is 0.480. The van der Waals surface area contributed by atoms with Crippen LogP contribution in [0.2, 0.25) is 5.02 Å². The van der Waals surface area contributed by atoms with E-state index in [2.05, 4.69) is 5.32 Å². The van der Waals surface area contributed by atoms with Crippen molar-refractivity contribution in [1.82, 2.24) is 5.32 Å². The number of hydrogen-bond acceptors (Lipinski definition) is 2. The van der Waals surface area contributed by atoms with Crippen LogP contribution in [0.3, 0.4) is 0 Å². The summed E-state index contributed by atoms with van der Waals surface area (Å²) in [5.74, 6) is -0.461. The molecule has 0 aromatic heterocycles. The SMILES string of the molecule is O=C(CCOc1ccccc1F)NCc1ccccc1Cl. The Morgan fingerprint density at radius 2 is 1.86 bits per heavy atom. The van der Waals surface area contributed by atoms with Crippen LogP contribution in [0.25, 0.3) is 0 Å². The molecule has 0 aliphatic heterocycles. The molecule has 2 aromatic carbocycles. The lowest BCUT2D eigenvalue weighted by atomic mass is 10.2. The highest BCUT2D eigenvalue weighted by molar-refractivity contribution is 6.31. The Bertz CT molecular complexity index is 619. The lowest BCUT2D eigenvalue weighted by Gasteiger charge is -2.08. The number of benzene rings is 2. The summed E-state index contributed by atoms with van der Waals surface area (Å²) in [4.78, 5) is 11.7. The summed E-state index contributed by atoms with van der Waals surface area (Å²) in [5.41, 5.74) is 0.850. The lowest BCUT2D eigenvalue weighted by Crippen LogP contribution is -2.24. The van der Waals surface area contributed by atoms with Crippen LogP contribution in [-0.2, 0) is 11.3 Å². The van der Waals surface area contributed by atoms with Gasteiger partial charge in [-0.15, -0.1) is 0 Å². The highest BCUT2D eigenvalue weighted by Crippen LogP contribution is 2.16. The quantitative estimate of drug-likeness (QED) is 0.886. The molecule has 0 bridgehead atoms. The van der Waals surface area contributed by atoms with Crippen molar-refractivity contribution < 1.29 is 13.9 Å². The molecule has 0 radical (unpaired) electrons. The highest BCUT2D eigenvalue weighted by Gasteiger charge is 2.06. The van der Waals surface area contributed by atoms with E-state index in [4.69, 9.17) is 16.3 Å². The van der Waals surface area contributed by atoms with Crippen LogP contribution >= 0.6 is 11.6 Å². The van der Waals surface area contributed by atoms with Gasteiger partial charge in [-0.05, 0) is 23.8 Å². The first kappa shape index (κ1) is 15.3. The van der Waals surface area contributed by atoms with E-state index in [9.17, 15) is 9.18 Å². The molecule has 1 amide bonds. The molecule has 0 aliphatic rings.